The average molecular weight is 353 g/mol. The first-order valence-corrected chi connectivity index (χ1v) is 8.70. The van der Waals surface area contributed by atoms with Crippen LogP contribution in [0.15, 0.2) is 41.1 Å². The number of likely N-dealkylation sites (N-methyl/N-ethyl adjacent to an activating group) is 1. The third kappa shape index (κ3) is 3.27. The van der Waals surface area contributed by atoms with Gasteiger partial charge in [0.25, 0.3) is 0 Å². The number of Topliss-reactive ketones (excluding diaryl/α,β-unsaturated/α-hetero) is 1. The summed E-state index contributed by atoms with van der Waals surface area (Å²) >= 11 is 0. The van der Waals surface area contributed by atoms with Gasteiger partial charge in [0.1, 0.15) is 6.04 Å². The van der Waals surface area contributed by atoms with Crippen LogP contribution in [0.5, 0.6) is 0 Å². The molecule has 0 aliphatic rings. The van der Waals surface area contributed by atoms with Crippen LogP contribution in [0.25, 0.3) is 10.9 Å². The Morgan fingerprint density at radius 3 is 2.65 bits per heavy atom. The maximum Gasteiger partial charge on any atom is 0.245 e. The number of carbonyl (C=O) groups is 2. The highest BCUT2D eigenvalue weighted by molar-refractivity contribution is 6.07. The van der Waals surface area contributed by atoms with Gasteiger partial charge in [-0.15, -0.1) is 0 Å². The van der Waals surface area contributed by atoms with Gasteiger partial charge in [0.2, 0.25) is 5.91 Å². The summed E-state index contributed by atoms with van der Waals surface area (Å²) in [6.45, 7) is 5.72. The lowest BCUT2D eigenvalue weighted by molar-refractivity contribution is -0.134. The van der Waals surface area contributed by atoms with E-state index in [9.17, 15) is 9.59 Å². The monoisotopic (exact) mass is 353 g/mol. The fourth-order valence-corrected chi connectivity index (χ4v) is 3.29. The molecule has 0 aliphatic carbocycles. The number of aryl methyl sites for hydroxylation is 1. The van der Waals surface area contributed by atoms with E-state index in [1.807, 2.05) is 48.7 Å². The normalized spacial score (nSPS) is 12.3. The van der Waals surface area contributed by atoms with Gasteiger partial charge in [-0.05, 0) is 26.3 Å². The molecule has 0 spiro atoms. The Morgan fingerprint density at radius 2 is 2.04 bits per heavy atom. The molecule has 0 saturated heterocycles. The maximum atomic E-state index is 13.1. The van der Waals surface area contributed by atoms with Crippen molar-refractivity contribution in [1.29, 1.82) is 0 Å². The number of ketones is 1. The molecule has 2 aromatic heterocycles. The van der Waals surface area contributed by atoms with E-state index in [1.165, 1.54) is 0 Å². The summed E-state index contributed by atoms with van der Waals surface area (Å²) in [6, 6.07) is 9.12. The summed E-state index contributed by atoms with van der Waals surface area (Å²) in [5.74, 6) is 0.611. The van der Waals surface area contributed by atoms with Gasteiger partial charge in [0.15, 0.2) is 11.5 Å². The number of carbonyl (C=O) groups excluding carboxylic acids is 2. The Morgan fingerprint density at radius 1 is 1.31 bits per heavy atom. The second kappa shape index (κ2) is 7.15. The molecule has 0 saturated carbocycles. The van der Waals surface area contributed by atoms with Crippen LogP contribution < -0.4 is 0 Å². The molecule has 0 fully saturated rings. The van der Waals surface area contributed by atoms with Crippen LogP contribution in [0, 0.1) is 6.92 Å². The quantitative estimate of drug-likeness (QED) is 0.633. The van der Waals surface area contributed by atoms with Crippen LogP contribution in [0.3, 0.4) is 0 Å². The molecule has 1 aromatic carbocycles. The minimum atomic E-state index is -0.387. The zero-order valence-electron chi connectivity index (χ0n) is 15.5. The molecule has 1 amide bonds. The standard InChI is InChI=1S/C20H23N3O3/c1-5-18(20(25)22(4)11-15-10-13(2)21-26-15)23-12-17(14(3)24)16-8-6-7-9-19(16)23/h6-10,12,18H,5,11H2,1-4H3. The second-order valence-electron chi connectivity index (χ2n) is 6.58. The van der Waals surface area contributed by atoms with Crippen LogP contribution in [-0.2, 0) is 11.3 Å². The molecule has 26 heavy (non-hydrogen) atoms. The molecule has 2 heterocycles. The average Bonchev–Trinajstić information content (AvgIpc) is 3.19. The van der Waals surface area contributed by atoms with E-state index in [1.54, 1.807) is 25.1 Å². The third-order valence-electron chi connectivity index (χ3n) is 4.57. The fourth-order valence-electron chi connectivity index (χ4n) is 3.29. The zero-order valence-corrected chi connectivity index (χ0v) is 15.5. The van der Waals surface area contributed by atoms with E-state index in [4.69, 9.17) is 4.52 Å². The number of amides is 1. The number of hydrogen-bond donors (Lipinski definition) is 0. The summed E-state index contributed by atoms with van der Waals surface area (Å²) in [5.41, 5.74) is 2.32. The predicted molar refractivity (Wildman–Crippen MR) is 99.0 cm³/mol. The minimum absolute atomic E-state index is 0.00672. The molecule has 0 bridgehead atoms. The maximum absolute atomic E-state index is 13.1. The number of rotatable bonds is 6. The van der Waals surface area contributed by atoms with Crippen molar-refractivity contribution in [1.82, 2.24) is 14.6 Å². The van der Waals surface area contributed by atoms with Gasteiger partial charge in [0, 0.05) is 35.8 Å². The molecular formula is C20H23N3O3. The van der Waals surface area contributed by atoms with Crippen molar-refractivity contribution in [3.8, 4) is 0 Å². The first kappa shape index (κ1) is 17.9. The smallest absolute Gasteiger partial charge is 0.245 e. The van der Waals surface area contributed by atoms with Crippen molar-refractivity contribution in [2.24, 2.45) is 0 Å². The number of benzene rings is 1. The van der Waals surface area contributed by atoms with Gasteiger partial charge in [0.05, 0.1) is 12.2 Å². The van der Waals surface area contributed by atoms with E-state index in [2.05, 4.69) is 5.16 Å². The van der Waals surface area contributed by atoms with Gasteiger partial charge >= 0.3 is 0 Å². The molecule has 0 aliphatic heterocycles. The van der Waals surface area contributed by atoms with E-state index < -0.39 is 0 Å². The summed E-state index contributed by atoms with van der Waals surface area (Å²) in [5, 5.41) is 4.73. The Hall–Kier alpha value is -2.89. The Labute approximate surface area is 152 Å². The van der Waals surface area contributed by atoms with Crippen molar-refractivity contribution in [3.05, 3.63) is 53.5 Å². The van der Waals surface area contributed by atoms with Crippen molar-refractivity contribution in [2.45, 2.75) is 39.8 Å². The van der Waals surface area contributed by atoms with Gasteiger partial charge < -0.3 is 14.0 Å². The SMILES string of the molecule is CCC(C(=O)N(C)Cc1cc(C)no1)n1cc(C(C)=O)c2ccccc21. The highest BCUT2D eigenvalue weighted by Crippen LogP contribution is 2.28. The molecule has 0 N–H and O–H groups in total. The van der Waals surface area contributed by atoms with E-state index in [0.29, 0.717) is 24.3 Å². The van der Waals surface area contributed by atoms with Crippen LogP contribution in [0.1, 0.15) is 48.1 Å². The van der Waals surface area contributed by atoms with Crippen molar-refractivity contribution < 1.29 is 14.1 Å². The largest absolute Gasteiger partial charge is 0.359 e. The predicted octanol–water partition coefficient (Wildman–Crippen LogP) is 3.75. The minimum Gasteiger partial charge on any atom is -0.359 e. The van der Waals surface area contributed by atoms with Crippen LogP contribution in [0.4, 0.5) is 0 Å². The van der Waals surface area contributed by atoms with Crippen LogP contribution in [-0.4, -0.2) is 33.4 Å². The van der Waals surface area contributed by atoms with E-state index in [-0.39, 0.29) is 17.7 Å². The molecule has 3 aromatic rings. The number of aromatic nitrogens is 2. The summed E-state index contributed by atoms with van der Waals surface area (Å²) in [6.07, 6.45) is 2.42. The van der Waals surface area contributed by atoms with Crippen molar-refractivity contribution in [2.75, 3.05) is 7.05 Å². The second-order valence-corrected chi connectivity index (χ2v) is 6.58. The summed E-state index contributed by atoms with van der Waals surface area (Å²) in [7, 11) is 1.75. The van der Waals surface area contributed by atoms with E-state index >= 15 is 0 Å². The third-order valence-corrected chi connectivity index (χ3v) is 4.57. The topological polar surface area (TPSA) is 68.3 Å². The number of nitrogens with zero attached hydrogens (tertiary/aromatic N) is 3. The highest BCUT2D eigenvalue weighted by atomic mass is 16.5. The highest BCUT2D eigenvalue weighted by Gasteiger charge is 2.25. The lowest BCUT2D eigenvalue weighted by Gasteiger charge is -2.24. The number of fused-ring (bicyclic) bond motifs is 1. The number of para-hydroxylation sites is 1. The molecule has 136 valence electrons. The lowest BCUT2D eigenvalue weighted by Crippen LogP contribution is -2.33. The van der Waals surface area contributed by atoms with Gasteiger partial charge in [-0.2, -0.15) is 0 Å². The molecule has 3 rings (SSSR count). The molecule has 6 nitrogen and oxygen atoms in total. The summed E-state index contributed by atoms with van der Waals surface area (Å²) < 4.78 is 7.13. The Bertz CT molecular complexity index is 954. The van der Waals surface area contributed by atoms with Crippen molar-refractivity contribution >= 4 is 22.6 Å². The number of hydrogen-bond acceptors (Lipinski definition) is 4. The van der Waals surface area contributed by atoms with E-state index in [0.717, 1.165) is 16.6 Å². The fraction of sp³-hybridized carbons (Fsp3) is 0.350. The van der Waals surface area contributed by atoms with Crippen LogP contribution >= 0.6 is 0 Å². The zero-order chi connectivity index (χ0) is 18.8. The molecule has 1 atom stereocenters. The Balaban J connectivity index is 1.94. The first-order chi connectivity index (χ1) is 12.4. The Kier molecular flexibility index (Phi) is 4.93. The molecule has 1 unspecified atom stereocenters. The van der Waals surface area contributed by atoms with Gasteiger partial charge in [-0.25, -0.2) is 0 Å². The van der Waals surface area contributed by atoms with Crippen molar-refractivity contribution in [3.63, 3.8) is 0 Å². The first-order valence-electron chi connectivity index (χ1n) is 8.70. The lowest BCUT2D eigenvalue weighted by atomic mass is 10.1. The van der Waals surface area contributed by atoms with Gasteiger partial charge in [-0.1, -0.05) is 30.3 Å². The van der Waals surface area contributed by atoms with Crippen LogP contribution in [0.2, 0.25) is 0 Å². The van der Waals surface area contributed by atoms with Gasteiger partial charge in [-0.3, -0.25) is 9.59 Å². The summed E-state index contributed by atoms with van der Waals surface area (Å²) in [4.78, 5) is 26.7. The molecule has 6 heteroatoms. The molecular weight excluding hydrogens is 330 g/mol. The molecule has 0 radical (unpaired) electrons.